The van der Waals surface area contributed by atoms with Gasteiger partial charge in [0, 0.05) is 18.7 Å². The maximum atomic E-state index is 11.7. The summed E-state index contributed by atoms with van der Waals surface area (Å²) in [6, 6.07) is -0.572. The van der Waals surface area contributed by atoms with E-state index in [2.05, 4.69) is 36.5 Å². The lowest BCUT2D eigenvalue weighted by atomic mass is 10.0. The Bertz CT molecular complexity index is 538. The summed E-state index contributed by atoms with van der Waals surface area (Å²) in [5.41, 5.74) is 0.0368. The first-order chi connectivity index (χ1) is 10.4. The molecule has 2 atom stereocenters. The van der Waals surface area contributed by atoms with E-state index < -0.39 is 6.04 Å². The fraction of sp³-hybridized carbons (Fsp3) is 0.571. The fourth-order valence-electron chi connectivity index (χ4n) is 1.74. The van der Waals surface area contributed by atoms with Crippen molar-refractivity contribution in [2.45, 2.75) is 45.7 Å². The van der Waals surface area contributed by atoms with Gasteiger partial charge in [-0.3, -0.25) is 10.2 Å². The number of aromatic nitrogens is 2. The molecule has 0 aliphatic rings. The van der Waals surface area contributed by atoms with Crippen LogP contribution in [-0.2, 0) is 4.79 Å². The van der Waals surface area contributed by atoms with Crippen LogP contribution >= 0.6 is 15.9 Å². The number of Topliss-reactive ketones (excluding diaryl/α,β-unsaturated/α-hetero) is 1. The Kier molecular flexibility index (Phi) is 7.40. The highest BCUT2D eigenvalue weighted by atomic mass is 79.9. The van der Waals surface area contributed by atoms with Gasteiger partial charge in [0.1, 0.15) is 5.82 Å². The topological polar surface area (TPSA) is 111 Å². The number of aliphatic hydroxyl groups excluding tert-OH is 1. The molecular weight excluding hydrogens is 350 g/mol. The van der Waals surface area contributed by atoms with Gasteiger partial charge < -0.3 is 15.7 Å². The molecule has 1 rings (SSSR count). The summed E-state index contributed by atoms with van der Waals surface area (Å²) in [6.07, 6.45) is 2.47. The average Bonchev–Trinajstić information content (AvgIpc) is 2.53. The molecule has 1 aromatic heterocycles. The molecule has 0 amide bonds. The van der Waals surface area contributed by atoms with Gasteiger partial charge in [0.15, 0.2) is 5.78 Å². The number of hydrogen-bond donors (Lipinski definition) is 4. The third kappa shape index (κ3) is 5.03. The largest absolute Gasteiger partial charge is 0.394 e. The third-order valence-corrected chi connectivity index (χ3v) is 3.66. The maximum Gasteiger partial charge on any atom is 0.225 e. The molecular formula is C14H22BrN5O2. The summed E-state index contributed by atoms with van der Waals surface area (Å²) in [4.78, 5) is 20.1. The number of nitrogens with zero attached hydrogens (tertiary/aromatic N) is 2. The highest BCUT2D eigenvalue weighted by Crippen LogP contribution is 2.21. The lowest BCUT2D eigenvalue weighted by molar-refractivity contribution is -0.112. The minimum absolute atomic E-state index is 0.0214. The number of nitrogens with one attached hydrogen (secondary N) is 3. The number of rotatable bonds is 9. The summed E-state index contributed by atoms with van der Waals surface area (Å²) in [5, 5.41) is 23.1. The minimum Gasteiger partial charge on any atom is -0.394 e. The molecule has 0 aliphatic carbocycles. The molecule has 0 bridgehead atoms. The van der Waals surface area contributed by atoms with Crippen LogP contribution in [0.3, 0.4) is 0 Å². The van der Waals surface area contributed by atoms with Crippen LogP contribution in [-0.4, -0.2) is 45.3 Å². The van der Waals surface area contributed by atoms with Gasteiger partial charge in [0.25, 0.3) is 0 Å². The fourth-order valence-corrected chi connectivity index (χ4v) is 2.04. The molecule has 0 fully saturated rings. The Morgan fingerprint density at radius 3 is 2.68 bits per heavy atom. The molecule has 1 heterocycles. The van der Waals surface area contributed by atoms with Crippen LogP contribution in [0.2, 0.25) is 0 Å². The zero-order chi connectivity index (χ0) is 16.7. The molecule has 0 aliphatic heterocycles. The van der Waals surface area contributed by atoms with Gasteiger partial charge in [-0.1, -0.05) is 13.8 Å². The van der Waals surface area contributed by atoms with Crippen LogP contribution in [0.5, 0.6) is 0 Å². The van der Waals surface area contributed by atoms with Crippen molar-refractivity contribution in [2.75, 3.05) is 17.2 Å². The van der Waals surface area contributed by atoms with E-state index in [1.165, 1.54) is 0 Å². The van der Waals surface area contributed by atoms with E-state index in [9.17, 15) is 4.79 Å². The highest BCUT2D eigenvalue weighted by molar-refractivity contribution is 9.10. The average molecular weight is 372 g/mol. The van der Waals surface area contributed by atoms with Crippen molar-refractivity contribution in [3.05, 3.63) is 10.7 Å². The molecule has 8 heteroatoms. The summed E-state index contributed by atoms with van der Waals surface area (Å²) in [6.45, 7) is 5.43. The van der Waals surface area contributed by atoms with Crippen LogP contribution in [0.15, 0.2) is 10.7 Å². The molecule has 0 spiro atoms. The number of halogens is 1. The predicted molar refractivity (Wildman–Crippen MR) is 90.6 cm³/mol. The van der Waals surface area contributed by atoms with Gasteiger partial charge in [0.05, 0.1) is 22.8 Å². The lowest BCUT2D eigenvalue weighted by Gasteiger charge is -2.18. The molecule has 0 aromatic carbocycles. The zero-order valence-corrected chi connectivity index (χ0v) is 14.6. The van der Waals surface area contributed by atoms with Crippen LogP contribution in [0, 0.1) is 5.41 Å². The minimum atomic E-state index is -0.420. The first-order valence-electron chi connectivity index (χ1n) is 7.20. The van der Waals surface area contributed by atoms with Gasteiger partial charge in [-0.15, -0.1) is 0 Å². The van der Waals surface area contributed by atoms with Crippen molar-refractivity contribution in [1.82, 2.24) is 9.97 Å². The molecule has 0 saturated heterocycles. The SMILES string of the molecule is CCC(=O)C(=N)C(CC)Nc1ncc(Br)c(N[C@H](C)CO)n1. The van der Waals surface area contributed by atoms with Crippen LogP contribution in [0.4, 0.5) is 11.8 Å². The summed E-state index contributed by atoms with van der Waals surface area (Å²) in [5.74, 6) is 0.683. The van der Waals surface area contributed by atoms with Crippen molar-refractivity contribution < 1.29 is 9.90 Å². The second-order valence-corrected chi connectivity index (χ2v) is 5.77. The molecule has 22 heavy (non-hydrogen) atoms. The number of anilines is 2. The van der Waals surface area contributed by atoms with E-state index in [0.717, 1.165) is 0 Å². The molecule has 1 unspecified atom stereocenters. The van der Waals surface area contributed by atoms with Crippen molar-refractivity contribution in [3.8, 4) is 0 Å². The summed E-state index contributed by atoms with van der Waals surface area (Å²) in [7, 11) is 0. The number of carbonyl (C=O) groups is 1. The molecule has 0 saturated carbocycles. The first-order valence-corrected chi connectivity index (χ1v) is 8.00. The lowest BCUT2D eigenvalue weighted by Crippen LogP contribution is -2.34. The van der Waals surface area contributed by atoms with Crippen molar-refractivity contribution in [1.29, 1.82) is 5.41 Å². The Morgan fingerprint density at radius 1 is 1.45 bits per heavy atom. The number of hydrogen-bond acceptors (Lipinski definition) is 7. The molecule has 122 valence electrons. The second kappa shape index (κ2) is 8.79. The van der Waals surface area contributed by atoms with Crippen molar-refractivity contribution in [2.24, 2.45) is 0 Å². The smallest absolute Gasteiger partial charge is 0.225 e. The maximum absolute atomic E-state index is 11.7. The predicted octanol–water partition coefficient (Wildman–Crippen LogP) is 2.22. The zero-order valence-electron chi connectivity index (χ0n) is 13.0. The summed E-state index contributed by atoms with van der Waals surface area (Å²) >= 11 is 3.34. The standard InChI is InChI=1S/C14H22BrN5O2/c1-4-10(12(16)11(22)5-2)19-14-17-6-9(15)13(20-14)18-8(3)7-21/h6,8,10,16,21H,4-5,7H2,1-3H3,(H2,17,18,19,20)/t8-,10?/m1/s1. The number of ketones is 1. The van der Waals surface area contributed by atoms with Gasteiger partial charge >= 0.3 is 0 Å². The van der Waals surface area contributed by atoms with E-state index in [-0.39, 0.29) is 24.1 Å². The van der Waals surface area contributed by atoms with E-state index in [0.29, 0.717) is 29.1 Å². The number of aliphatic hydroxyl groups is 1. The molecule has 4 N–H and O–H groups in total. The third-order valence-electron chi connectivity index (χ3n) is 3.08. The van der Waals surface area contributed by atoms with Crippen LogP contribution in [0.25, 0.3) is 0 Å². The van der Waals surface area contributed by atoms with Gasteiger partial charge in [0.2, 0.25) is 5.95 Å². The van der Waals surface area contributed by atoms with Gasteiger partial charge in [-0.2, -0.15) is 4.98 Å². The Hall–Kier alpha value is -1.54. The summed E-state index contributed by atoms with van der Waals surface area (Å²) < 4.78 is 0.672. The quantitative estimate of drug-likeness (QED) is 0.495. The Labute approximate surface area is 138 Å². The highest BCUT2D eigenvalue weighted by Gasteiger charge is 2.19. The first kappa shape index (κ1) is 18.5. The monoisotopic (exact) mass is 371 g/mol. The molecule has 0 radical (unpaired) electrons. The second-order valence-electron chi connectivity index (χ2n) is 4.91. The normalized spacial score (nSPS) is 13.3. The van der Waals surface area contributed by atoms with E-state index in [1.807, 2.05) is 13.8 Å². The molecule has 1 aromatic rings. The molecule has 7 nitrogen and oxygen atoms in total. The van der Waals surface area contributed by atoms with E-state index >= 15 is 0 Å². The van der Waals surface area contributed by atoms with Crippen molar-refractivity contribution >= 4 is 39.2 Å². The van der Waals surface area contributed by atoms with E-state index in [1.54, 1.807) is 13.1 Å². The van der Waals surface area contributed by atoms with Gasteiger partial charge in [-0.05, 0) is 29.3 Å². The number of carbonyl (C=O) groups excluding carboxylic acids is 1. The van der Waals surface area contributed by atoms with E-state index in [4.69, 9.17) is 10.5 Å². The van der Waals surface area contributed by atoms with Crippen molar-refractivity contribution in [3.63, 3.8) is 0 Å². The van der Waals surface area contributed by atoms with Crippen LogP contribution in [0.1, 0.15) is 33.6 Å². The van der Waals surface area contributed by atoms with Crippen LogP contribution < -0.4 is 10.6 Å². The van der Waals surface area contributed by atoms with Gasteiger partial charge in [-0.25, -0.2) is 4.98 Å². The Balaban J connectivity index is 2.90. The Morgan fingerprint density at radius 2 is 2.14 bits per heavy atom.